The largest absolute Gasteiger partial charge is 0.368 e. The highest BCUT2D eigenvalue weighted by atomic mass is 35.5. The van der Waals surface area contributed by atoms with Gasteiger partial charge in [-0.1, -0.05) is 11.6 Å². The Morgan fingerprint density at radius 1 is 0.897 bits per heavy atom. The third kappa shape index (κ3) is 6.55. The molecule has 9 rings (SSSR count). The van der Waals surface area contributed by atoms with Crippen molar-refractivity contribution in [3.8, 4) is 6.07 Å². The normalized spacial score (nSPS) is 23.0. The van der Waals surface area contributed by atoms with Crippen molar-refractivity contribution in [2.24, 2.45) is 11.3 Å². The second kappa shape index (κ2) is 14.5. The van der Waals surface area contributed by atoms with Crippen molar-refractivity contribution in [3.63, 3.8) is 0 Å². The fraction of sp³-hybridized carbons (Fsp3) is 0.442. The zero-order valence-corrected chi connectivity index (χ0v) is 33.0. The minimum atomic E-state index is -1.03. The molecule has 1 aromatic heterocycles. The number of rotatable bonds is 5. The van der Waals surface area contributed by atoms with E-state index in [2.05, 4.69) is 28.1 Å². The van der Waals surface area contributed by atoms with E-state index in [4.69, 9.17) is 16.6 Å². The maximum absolute atomic E-state index is 13.7. The van der Waals surface area contributed by atoms with Gasteiger partial charge in [-0.3, -0.25) is 39.0 Å². The fourth-order valence-electron chi connectivity index (χ4n) is 10.0. The van der Waals surface area contributed by atoms with Gasteiger partial charge in [0.05, 0.1) is 27.3 Å². The van der Waals surface area contributed by atoms with Gasteiger partial charge < -0.3 is 19.6 Å². The zero-order valence-electron chi connectivity index (χ0n) is 32.2. The number of aromatic nitrogens is 1. The Kier molecular flexibility index (Phi) is 9.46. The first-order chi connectivity index (χ1) is 27.9. The van der Waals surface area contributed by atoms with E-state index in [1.807, 2.05) is 24.3 Å². The number of likely N-dealkylation sites (tertiary alicyclic amines) is 1. The summed E-state index contributed by atoms with van der Waals surface area (Å²) in [4.78, 5) is 91.8. The molecule has 14 nitrogen and oxygen atoms in total. The molecule has 6 aliphatic rings. The molecule has 1 unspecified atom stereocenters. The maximum atomic E-state index is 13.7. The molecule has 1 spiro atoms. The summed E-state index contributed by atoms with van der Waals surface area (Å²) in [6.07, 6.45) is 6.01. The summed E-state index contributed by atoms with van der Waals surface area (Å²) in [6.45, 7) is 6.46. The smallest absolute Gasteiger partial charge is 0.262 e. The van der Waals surface area contributed by atoms with Crippen LogP contribution in [0.15, 0.2) is 48.7 Å². The Bertz CT molecular complexity index is 2260. The molecule has 0 aliphatic carbocycles. The number of halogens is 1. The number of carbonyl (C=O) groups is 6. The van der Waals surface area contributed by atoms with E-state index in [1.54, 1.807) is 34.2 Å². The predicted molar refractivity (Wildman–Crippen MR) is 212 cm³/mol. The van der Waals surface area contributed by atoms with Gasteiger partial charge in [0.15, 0.2) is 0 Å². The van der Waals surface area contributed by atoms with Crippen LogP contribution in [0.25, 0.3) is 0 Å². The maximum Gasteiger partial charge on any atom is 0.262 e. The van der Waals surface area contributed by atoms with Crippen LogP contribution in [0.4, 0.5) is 11.5 Å². The first-order valence-corrected chi connectivity index (χ1v) is 20.4. The van der Waals surface area contributed by atoms with Gasteiger partial charge in [-0.2, -0.15) is 5.26 Å². The molecule has 0 saturated carbocycles. The molecule has 4 saturated heterocycles. The molecular formula is C43H43ClN8O6. The lowest BCUT2D eigenvalue weighted by Crippen LogP contribution is -2.54. The summed E-state index contributed by atoms with van der Waals surface area (Å²) in [7, 11) is 0. The van der Waals surface area contributed by atoms with Crippen LogP contribution in [0.2, 0.25) is 5.02 Å². The van der Waals surface area contributed by atoms with Crippen molar-refractivity contribution in [1.29, 1.82) is 5.26 Å². The molecule has 4 fully saturated rings. The monoisotopic (exact) mass is 802 g/mol. The van der Waals surface area contributed by atoms with Gasteiger partial charge in [0.25, 0.3) is 17.7 Å². The van der Waals surface area contributed by atoms with Crippen LogP contribution >= 0.6 is 11.6 Å². The lowest BCUT2D eigenvalue weighted by Gasteiger charge is -2.40. The topological polar surface area (TPSA) is 167 Å². The third-order valence-corrected chi connectivity index (χ3v) is 13.6. The molecule has 0 radical (unpaired) electrons. The summed E-state index contributed by atoms with van der Waals surface area (Å²) in [5, 5.41) is 12.0. The molecule has 1 N–H and O–H groups in total. The standard InChI is InChI=1S/C43H43ClN8O6/c1-25-19-43(24-51(25)31-4-2-27(20-45)34(44)18-31)10-14-48(15-11-43)36-6-3-28(21-46-36)40(56)49-12-8-26(9-13-49)39(55)50-22-29-16-32-33(17-30(29)23-50)42(58)52(41(32)57)35-5-7-37(53)47-38(35)54/h2-4,6,16-18,21,25-26,35H,5,7-15,19,22-24H2,1H3,(H,47,53,54)/t25-,35?/m0/s1. The molecule has 58 heavy (non-hydrogen) atoms. The Labute approximate surface area is 340 Å². The van der Waals surface area contributed by atoms with E-state index < -0.39 is 29.7 Å². The summed E-state index contributed by atoms with van der Waals surface area (Å²) >= 11 is 6.36. The number of hydrogen-bond acceptors (Lipinski definition) is 10. The van der Waals surface area contributed by atoms with Crippen molar-refractivity contribution >= 4 is 58.5 Å². The van der Waals surface area contributed by atoms with Gasteiger partial charge in [-0.05, 0) is 104 Å². The summed E-state index contributed by atoms with van der Waals surface area (Å²) < 4.78 is 0. The number of piperidine rings is 3. The lowest BCUT2D eigenvalue weighted by molar-refractivity contribution is -0.138. The molecule has 0 bridgehead atoms. The first-order valence-electron chi connectivity index (χ1n) is 20.0. The second-order valence-electron chi connectivity index (χ2n) is 16.7. The predicted octanol–water partition coefficient (Wildman–Crippen LogP) is 4.29. The van der Waals surface area contributed by atoms with E-state index in [0.717, 1.165) is 66.4 Å². The molecule has 7 heterocycles. The van der Waals surface area contributed by atoms with E-state index in [9.17, 15) is 34.0 Å². The van der Waals surface area contributed by atoms with Gasteiger partial charge in [0, 0.05) is 76.1 Å². The van der Waals surface area contributed by atoms with Gasteiger partial charge in [0.2, 0.25) is 17.7 Å². The molecule has 6 aliphatic heterocycles. The molecule has 15 heteroatoms. The van der Waals surface area contributed by atoms with Crippen LogP contribution in [0.1, 0.15) is 99.6 Å². The van der Waals surface area contributed by atoms with Crippen molar-refractivity contribution < 1.29 is 28.8 Å². The van der Waals surface area contributed by atoms with Crippen LogP contribution in [-0.4, -0.2) is 99.9 Å². The Balaban J connectivity index is 0.760. The number of nitrogens with one attached hydrogen (secondary N) is 1. The summed E-state index contributed by atoms with van der Waals surface area (Å²) in [5.74, 6) is -1.73. The lowest BCUT2D eigenvalue weighted by atomic mass is 9.77. The van der Waals surface area contributed by atoms with Crippen LogP contribution in [0.3, 0.4) is 0 Å². The second-order valence-corrected chi connectivity index (χ2v) is 17.1. The highest BCUT2D eigenvalue weighted by Gasteiger charge is 2.47. The summed E-state index contributed by atoms with van der Waals surface area (Å²) in [6, 6.07) is 14.2. The van der Waals surface area contributed by atoms with Crippen molar-refractivity contribution in [2.75, 3.05) is 42.5 Å². The van der Waals surface area contributed by atoms with E-state index in [1.165, 1.54) is 0 Å². The minimum absolute atomic E-state index is 0.0148. The number of imide groups is 2. The number of carbonyl (C=O) groups excluding carboxylic acids is 6. The highest BCUT2D eigenvalue weighted by Crippen LogP contribution is 2.46. The highest BCUT2D eigenvalue weighted by molar-refractivity contribution is 6.32. The minimum Gasteiger partial charge on any atom is -0.368 e. The number of pyridine rings is 1. The molecular weight excluding hydrogens is 760 g/mol. The van der Waals surface area contributed by atoms with E-state index in [0.29, 0.717) is 61.2 Å². The van der Waals surface area contributed by atoms with E-state index in [-0.39, 0.29) is 47.1 Å². The molecule has 2 atom stereocenters. The number of nitriles is 1. The number of anilines is 2. The fourth-order valence-corrected chi connectivity index (χ4v) is 10.2. The number of benzene rings is 2. The van der Waals surface area contributed by atoms with Crippen molar-refractivity contribution in [3.05, 3.63) is 87.1 Å². The average Bonchev–Trinajstić information content (AvgIpc) is 3.87. The van der Waals surface area contributed by atoms with Crippen molar-refractivity contribution in [1.82, 2.24) is 25.0 Å². The van der Waals surface area contributed by atoms with Gasteiger partial charge in [-0.15, -0.1) is 0 Å². The van der Waals surface area contributed by atoms with Crippen LogP contribution in [0.5, 0.6) is 0 Å². The van der Waals surface area contributed by atoms with Crippen LogP contribution in [-0.2, 0) is 27.5 Å². The van der Waals surface area contributed by atoms with Crippen molar-refractivity contribution in [2.45, 2.75) is 77.0 Å². The van der Waals surface area contributed by atoms with E-state index >= 15 is 0 Å². The zero-order chi connectivity index (χ0) is 40.5. The van der Waals surface area contributed by atoms with Gasteiger partial charge in [0.1, 0.15) is 17.9 Å². The Morgan fingerprint density at radius 3 is 2.19 bits per heavy atom. The number of fused-ring (bicyclic) bond motifs is 2. The Morgan fingerprint density at radius 2 is 1.59 bits per heavy atom. The van der Waals surface area contributed by atoms with Gasteiger partial charge in [-0.25, -0.2) is 4.98 Å². The number of amides is 6. The molecule has 6 amide bonds. The quantitative estimate of drug-likeness (QED) is 0.368. The van der Waals surface area contributed by atoms with Crippen LogP contribution in [0, 0.1) is 22.7 Å². The SMILES string of the molecule is C[C@H]1CC2(CCN(c3ccc(C(=O)N4CCC(C(=O)N5Cc6cc7c(cc6C5)C(=O)N(C5CCC(=O)NC5=O)C7=O)CC4)cn3)CC2)CN1c1ccc(C#N)c(Cl)c1. The third-order valence-electron chi connectivity index (χ3n) is 13.2. The number of hydrogen-bond donors (Lipinski definition) is 1. The van der Waals surface area contributed by atoms with Crippen LogP contribution < -0.4 is 15.1 Å². The molecule has 3 aromatic rings. The average molecular weight is 803 g/mol. The summed E-state index contributed by atoms with van der Waals surface area (Å²) in [5.41, 5.74) is 4.25. The van der Waals surface area contributed by atoms with Gasteiger partial charge >= 0.3 is 0 Å². The molecule has 2 aromatic carbocycles. The first kappa shape index (κ1) is 37.7. The Hall–Kier alpha value is -5.81. The molecule has 298 valence electrons. The number of nitrogens with zero attached hydrogens (tertiary/aromatic N) is 7.